The third-order valence-corrected chi connectivity index (χ3v) is 5.71. The summed E-state index contributed by atoms with van der Waals surface area (Å²) in [4.78, 5) is 19.5. The monoisotopic (exact) mass is 394 g/mol. The van der Waals surface area contributed by atoms with E-state index in [1.807, 2.05) is 27.9 Å². The second-order valence-electron chi connectivity index (χ2n) is 8.39. The fraction of sp³-hybridized carbons (Fsp3) is 0.579. The molecular weight excluding hydrogens is 364 g/mol. The van der Waals surface area contributed by atoms with E-state index in [1.54, 1.807) is 18.2 Å². The summed E-state index contributed by atoms with van der Waals surface area (Å²) in [5.41, 5.74) is 0.416. The zero-order valence-electron chi connectivity index (χ0n) is 16.9. The fourth-order valence-electron chi connectivity index (χ4n) is 3.22. The first-order valence-electron chi connectivity index (χ1n) is 9.05. The van der Waals surface area contributed by atoms with Crippen molar-refractivity contribution < 1.29 is 13.2 Å². The molecule has 1 amide bonds. The normalized spacial score (nSPS) is 18.4. The molecule has 2 N–H and O–H groups in total. The molecule has 0 unspecified atom stereocenters. The number of carbonyl (C=O) groups is 1. The average Bonchev–Trinajstić information content (AvgIpc) is 2.80. The summed E-state index contributed by atoms with van der Waals surface area (Å²) in [6.45, 7) is 9.32. The van der Waals surface area contributed by atoms with Crippen LogP contribution in [0.5, 0.6) is 0 Å². The minimum absolute atomic E-state index is 0.0771. The standard InChI is InChI=1S/C19H30N4O3S/c1-13(2)16(18(24)20-11-19(3,4)12-23(5)6)21-17-14-9-7-8-10-15(14)27(25,26)22-17/h7-10,13,16H,11-12H2,1-6H3,(H,20,24)(H,21,22)/t16-/m0/s1. The van der Waals surface area contributed by atoms with Gasteiger partial charge in [0, 0.05) is 18.7 Å². The van der Waals surface area contributed by atoms with Gasteiger partial charge in [0.05, 0.1) is 4.90 Å². The van der Waals surface area contributed by atoms with E-state index < -0.39 is 16.1 Å². The summed E-state index contributed by atoms with van der Waals surface area (Å²) in [6.07, 6.45) is 0. The van der Waals surface area contributed by atoms with E-state index in [1.165, 1.54) is 6.07 Å². The Morgan fingerprint density at radius 2 is 1.89 bits per heavy atom. The first-order valence-corrected chi connectivity index (χ1v) is 10.5. The SMILES string of the molecule is CC(C)[C@H](N=C1NS(=O)(=O)c2ccccc21)C(=O)NCC(C)(C)CN(C)C. The van der Waals surface area contributed by atoms with Crippen LogP contribution in [0.25, 0.3) is 0 Å². The highest BCUT2D eigenvalue weighted by Crippen LogP contribution is 2.23. The molecule has 7 nitrogen and oxygen atoms in total. The lowest BCUT2D eigenvalue weighted by Crippen LogP contribution is -2.45. The number of rotatable bonds is 7. The van der Waals surface area contributed by atoms with E-state index in [-0.39, 0.29) is 28.0 Å². The molecule has 0 saturated heterocycles. The van der Waals surface area contributed by atoms with Crippen molar-refractivity contribution in [2.24, 2.45) is 16.3 Å². The van der Waals surface area contributed by atoms with Crippen molar-refractivity contribution in [3.8, 4) is 0 Å². The summed E-state index contributed by atoms with van der Waals surface area (Å²) in [5, 5.41) is 2.98. The van der Waals surface area contributed by atoms with Gasteiger partial charge in [-0.2, -0.15) is 0 Å². The zero-order valence-corrected chi connectivity index (χ0v) is 17.7. The molecule has 0 aliphatic carbocycles. The highest BCUT2D eigenvalue weighted by atomic mass is 32.2. The Hall–Kier alpha value is -1.93. The smallest absolute Gasteiger partial charge is 0.263 e. The van der Waals surface area contributed by atoms with Crippen molar-refractivity contribution in [1.82, 2.24) is 14.9 Å². The summed E-state index contributed by atoms with van der Waals surface area (Å²) in [5.74, 6) is -0.0494. The maximum absolute atomic E-state index is 12.8. The molecule has 0 aromatic heterocycles. The number of hydrogen-bond donors (Lipinski definition) is 2. The van der Waals surface area contributed by atoms with E-state index in [9.17, 15) is 13.2 Å². The Morgan fingerprint density at radius 3 is 2.48 bits per heavy atom. The second kappa shape index (κ2) is 7.98. The molecule has 0 radical (unpaired) electrons. The van der Waals surface area contributed by atoms with E-state index >= 15 is 0 Å². The molecule has 1 heterocycles. The molecule has 1 atom stereocenters. The Bertz CT molecular complexity index is 829. The summed E-state index contributed by atoms with van der Waals surface area (Å²) in [7, 11) is 0.373. The van der Waals surface area contributed by atoms with Gasteiger partial charge in [0.1, 0.15) is 11.9 Å². The van der Waals surface area contributed by atoms with Gasteiger partial charge >= 0.3 is 0 Å². The molecule has 1 aliphatic heterocycles. The molecule has 0 saturated carbocycles. The van der Waals surface area contributed by atoms with Crippen LogP contribution in [0.1, 0.15) is 33.3 Å². The molecule has 8 heteroatoms. The number of sulfonamides is 1. The van der Waals surface area contributed by atoms with Gasteiger partial charge in [0.2, 0.25) is 5.91 Å². The Kier molecular flexibility index (Phi) is 6.32. The summed E-state index contributed by atoms with van der Waals surface area (Å²) >= 11 is 0. The minimum Gasteiger partial charge on any atom is -0.354 e. The van der Waals surface area contributed by atoms with Crippen LogP contribution in [0.4, 0.5) is 0 Å². The lowest BCUT2D eigenvalue weighted by molar-refractivity contribution is -0.123. The van der Waals surface area contributed by atoms with Crippen LogP contribution < -0.4 is 10.0 Å². The number of carbonyl (C=O) groups excluding carboxylic acids is 1. The zero-order chi connectivity index (χ0) is 20.4. The largest absolute Gasteiger partial charge is 0.354 e. The second-order valence-corrected chi connectivity index (χ2v) is 10.0. The molecular formula is C19H30N4O3S. The number of benzene rings is 1. The van der Waals surface area contributed by atoms with Crippen LogP contribution in [-0.4, -0.2) is 58.3 Å². The number of fused-ring (bicyclic) bond motifs is 1. The molecule has 0 fully saturated rings. The molecule has 150 valence electrons. The number of amidine groups is 1. The molecule has 0 spiro atoms. The lowest BCUT2D eigenvalue weighted by atomic mass is 9.92. The van der Waals surface area contributed by atoms with E-state index in [0.29, 0.717) is 12.1 Å². The molecule has 2 rings (SSSR count). The maximum Gasteiger partial charge on any atom is 0.263 e. The minimum atomic E-state index is -3.62. The van der Waals surface area contributed by atoms with Gasteiger partial charge in [-0.3, -0.25) is 14.5 Å². The van der Waals surface area contributed by atoms with Gasteiger partial charge in [0.15, 0.2) is 0 Å². The number of nitrogens with one attached hydrogen (secondary N) is 2. The first-order chi connectivity index (χ1) is 12.4. The van der Waals surface area contributed by atoms with Gasteiger partial charge in [0.25, 0.3) is 10.0 Å². The quantitative estimate of drug-likeness (QED) is 0.732. The van der Waals surface area contributed by atoms with Gasteiger partial charge in [-0.05, 0) is 37.6 Å². The van der Waals surface area contributed by atoms with Crippen LogP contribution >= 0.6 is 0 Å². The van der Waals surface area contributed by atoms with Gasteiger partial charge < -0.3 is 10.2 Å². The van der Waals surface area contributed by atoms with Gasteiger partial charge in [-0.25, -0.2) is 8.42 Å². The number of nitrogens with zero attached hydrogens (tertiary/aromatic N) is 2. The van der Waals surface area contributed by atoms with Crippen molar-refractivity contribution in [2.75, 3.05) is 27.2 Å². The molecule has 0 bridgehead atoms. The van der Waals surface area contributed by atoms with Gasteiger partial charge in [-0.15, -0.1) is 0 Å². The molecule has 1 aromatic carbocycles. The van der Waals surface area contributed by atoms with Crippen LogP contribution in [0.2, 0.25) is 0 Å². The first kappa shape index (κ1) is 21.4. The lowest BCUT2D eigenvalue weighted by Gasteiger charge is -2.29. The predicted octanol–water partition coefficient (Wildman–Crippen LogP) is 1.45. The predicted molar refractivity (Wildman–Crippen MR) is 107 cm³/mol. The van der Waals surface area contributed by atoms with Crippen LogP contribution in [0, 0.1) is 11.3 Å². The van der Waals surface area contributed by atoms with E-state index in [0.717, 1.165) is 6.54 Å². The van der Waals surface area contributed by atoms with Crippen molar-refractivity contribution in [2.45, 2.75) is 38.6 Å². The van der Waals surface area contributed by atoms with Crippen molar-refractivity contribution in [1.29, 1.82) is 0 Å². The van der Waals surface area contributed by atoms with Crippen LogP contribution in [0.15, 0.2) is 34.2 Å². The maximum atomic E-state index is 12.8. The van der Waals surface area contributed by atoms with Gasteiger partial charge in [-0.1, -0.05) is 39.8 Å². The average molecular weight is 395 g/mol. The van der Waals surface area contributed by atoms with Crippen molar-refractivity contribution in [3.05, 3.63) is 29.8 Å². The van der Waals surface area contributed by atoms with E-state index in [2.05, 4.69) is 33.8 Å². The fourth-order valence-corrected chi connectivity index (χ4v) is 4.46. The van der Waals surface area contributed by atoms with Crippen molar-refractivity contribution in [3.63, 3.8) is 0 Å². The molecule has 27 heavy (non-hydrogen) atoms. The summed E-state index contributed by atoms with van der Waals surface area (Å²) in [6, 6.07) is 5.98. The number of hydrogen-bond acceptors (Lipinski definition) is 5. The molecule has 1 aromatic rings. The highest BCUT2D eigenvalue weighted by Gasteiger charge is 2.33. The van der Waals surface area contributed by atoms with Crippen LogP contribution in [-0.2, 0) is 14.8 Å². The third-order valence-electron chi connectivity index (χ3n) is 4.32. The Labute approximate surface area is 162 Å². The topological polar surface area (TPSA) is 90.9 Å². The number of amides is 1. The number of aliphatic imine (C=N–C) groups is 1. The van der Waals surface area contributed by atoms with E-state index in [4.69, 9.17) is 0 Å². The third kappa shape index (κ3) is 5.29. The Morgan fingerprint density at radius 1 is 1.26 bits per heavy atom. The Balaban J connectivity index is 2.21. The summed E-state index contributed by atoms with van der Waals surface area (Å²) < 4.78 is 27.0. The molecule has 1 aliphatic rings. The van der Waals surface area contributed by atoms with Crippen molar-refractivity contribution >= 4 is 21.8 Å². The highest BCUT2D eigenvalue weighted by molar-refractivity contribution is 7.90. The van der Waals surface area contributed by atoms with Crippen LogP contribution in [0.3, 0.4) is 0 Å².